The molecule has 0 saturated carbocycles. The topological polar surface area (TPSA) is 82.4 Å². The van der Waals surface area contributed by atoms with E-state index >= 15 is 0 Å². The van der Waals surface area contributed by atoms with Crippen molar-refractivity contribution in [1.29, 1.82) is 5.26 Å². The molecule has 3 heterocycles. The second kappa shape index (κ2) is 8.56. The Labute approximate surface area is 179 Å². The van der Waals surface area contributed by atoms with Crippen molar-refractivity contribution >= 4 is 40.0 Å². The number of aromatic nitrogens is 2. The van der Waals surface area contributed by atoms with Gasteiger partial charge in [-0.05, 0) is 37.3 Å². The number of hydrogen-bond acceptors (Lipinski definition) is 7. The van der Waals surface area contributed by atoms with Gasteiger partial charge < -0.3 is 14.5 Å². The normalized spacial score (nSPS) is 13.9. The van der Waals surface area contributed by atoms with Crippen LogP contribution in [0.3, 0.4) is 0 Å². The van der Waals surface area contributed by atoms with E-state index in [1.54, 1.807) is 31.5 Å². The van der Waals surface area contributed by atoms with E-state index in [-0.39, 0.29) is 5.97 Å². The van der Waals surface area contributed by atoms with E-state index in [4.69, 9.17) is 16.3 Å². The summed E-state index contributed by atoms with van der Waals surface area (Å²) in [5.74, 6) is 0.444. The summed E-state index contributed by atoms with van der Waals surface area (Å²) >= 11 is 6.20. The van der Waals surface area contributed by atoms with Crippen LogP contribution < -0.4 is 9.80 Å². The number of carbonyl (C=O) groups excluding carboxylic acids is 1. The highest BCUT2D eigenvalue weighted by atomic mass is 35.5. The number of pyridine rings is 2. The number of halogens is 1. The number of fused-ring (bicyclic) bond motifs is 1. The molecule has 8 heteroatoms. The molecular weight excluding hydrogens is 402 g/mol. The van der Waals surface area contributed by atoms with Crippen molar-refractivity contribution in [3.05, 3.63) is 58.9 Å². The van der Waals surface area contributed by atoms with Crippen LogP contribution in [0, 0.1) is 11.3 Å². The molecule has 1 fully saturated rings. The van der Waals surface area contributed by atoms with Gasteiger partial charge in [-0.1, -0.05) is 11.6 Å². The SMILES string of the molecule is CCOC(=O)c1ccc(N2CCN(c3c(C#N)cnc4ccc(Cl)cc34)CC2)nc1. The molecule has 1 aliphatic heterocycles. The number of nitrogens with zero attached hydrogens (tertiary/aromatic N) is 5. The molecule has 30 heavy (non-hydrogen) atoms. The van der Waals surface area contributed by atoms with Crippen LogP contribution in [0.5, 0.6) is 0 Å². The van der Waals surface area contributed by atoms with E-state index in [0.29, 0.717) is 22.8 Å². The maximum absolute atomic E-state index is 11.8. The van der Waals surface area contributed by atoms with Gasteiger partial charge >= 0.3 is 5.97 Å². The van der Waals surface area contributed by atoms with Crippen molar-refractivity contribution in [2.75, 3.05) is 42.6 Å². The third kappa shape index (κ3) is 3.87. The largest absolute Gasteiger partial charge is 0.462 e. The fourth-order valence-electron chi connectivity index (χ4n) is 3.64. The van der Waals surface area contributed by atoms with Gasteiger partial charge in [0.15, 0.2) is 0 Å². The van der Waals surface area contributed by atoms with Crippen molar-refractivity contribution in [3.63, 3.8) is 0 Å². The highest BCUT2D eigenvalue weighted by Gasteiger charge is 2.23. The minimum atomic E-state index is -0.367. The van der Waals surface area contributed by atoms with Gasteiger partial charge in [0.05, 0.1) is 28.9 Å². The lowest BCUT2D eigenvalue weighted by atomic mass is 10.1. The number of esters is 1. The third-order valence-corrected chi connectivity index (χ3v) is 5.34. The maximum Gasteiger partial charge on any atom is 0.339 e. The van der Waals surface area contributed by atoms with Gasteiger partial charge in [0.25, 0.3) is 0 Å². The molecule has 0 spiro atoms. The summed E-state index contributed by atoms with van der Waals surface area (Å²) in [6.07, 6.45) is 3.17. The molecule has 7 nitrogen and oxygen atoms in total. The summed E-state index contributed by atoms with van der Waals surface area (Å²) in [5, 5.41) is 11.1. The number of hydrogen-bond donors (Lipinski definition) is 0. The van der Waals surface area contributed by atoms with Gasteiger partial charge in [0.1, 0.15) is 11.9 Å². The summed E-state index contributed by atoms with van der Waals surface area (Å²) in [7, 11) is 0. The van der Waals surface area contributed by atoms with Gasteiger partial charge in [-0.3, -0.25) is 4.98 Å². The predicted molar refractivity (Wildman–Crippen MR) is 116 cm³/mol. The average molecular weight is 422 g/mol. The molecule has 2 aromatic heterocycles. The number of piperazine rings is 1. The monoisotopic (exact) mass is 421 g/mol. The molecule has 0 amide bonds. The minimum absolute atomic E-state index is 0.335. The highest BCUT2D eigenvalue weighted by Crippen LogP contribution is 2.32. The lowest BCUT2D eigenvalue weighted by Gasteiger charge is -2.37. The molecular formula is C22H20ClN5O2. The first-order valence-corrected chi connectivity index (χ1v) is 10.1. The van der Waals surface area contributed by atoms with Crippen molar-refractivity contribution in [2.45, 2.75) is 6.92 Å². The fraction of sp³-hybridized carbons (Fsp3) is 0.273. The van der Waals surface area contributed by atoms with Crippen molar-refractivity contribution in [3.8, 4) is 6.07 Å². The second-order valence-electron chi connectivity index (χ2n) is 6.89. The van der Waals surface area contributed by atoms with E-state index in [0.717, 1.165) is 48.6 Å². The molecule has 0 N–H and O–H groups in total. The predicted octanol–water partition coefficient (Wildman–Crippen LogP) is 3.66. The van der Waals surface area contributed by atoms with E-state index in [2.05, 4.69) is 25.8 Å². The van der Waals surface area contributed by atoms with Crippen molar-refractivity contribution in [1.82, 2.24) is 9.97 Å². The standard InChI is InChI=1S/C22H20ClN5O2/c1-2-30-22(29)15-3-6-20(26-13-15)27-7-9-28(10-8-27)21-16(12-24)14-25-19-5-4-17(23)11-18(19)21/h3-6,11,13-14H,2,7-10H2,1H3. The van der Waals surface area contributed by atoms with Crippen LogP contribution in [0.15, 0.2) is 42.7 Å². The first kappa shape index (κ1) is 19.9. The summed E-state index contributed by atoms with van der Waals surface area (Å²) in [5.41, 5.74) is 2.66. The Kier molecular flexibility index (Phi) is 5.68. The quantitative estimate of drug-likeness (QED) is 0.594. The smallest absolute Gasteiger partial charge is 0.339 e. The Morgan fingerprint density at radius 3 is 2.57 bits per heavy atom. The summed E-state index contributed by atoms with van der Waals surface area (Å²) < 4.78 is 5.00. The first-order valence-electron chi connectivity index (χ1n) is 9.72. The number of carbonyl (C=O) groups is 1. The summed E-state index contributed by atoms with van der Waals surface area (Å²) in [6.45, 7) is 5.03. The zero-order valence-corrected chi connectivity index (χ0v) is 17.3. The number of benzene rings is 1. The lowest BCUT2D eigenvalue weighted by molar-refractivity contribution is 0.0526. The van der Waals surface area contributed by atoms with Crippen LogP contribution in [0.1, 0.15) is 22.8 Å². The van der Waals surface area contributed by atoms with E-state index in [9.17, 15) is 10.1 Å². The van der Waals surface area contributed by atoms with Gasteiger partial charge in [-0.15, -0.1) is 0 Å². The van der Waals surface area contributed by atoms with Crippen LogP contribution in [0.25, 0.3) is 10.9 Å². The van der Waals surface area contributed by atoms with Crippen LogP contribution in [-0.2, 0) is 4.74 Å². The van der Waals surface area contributed by atoms with Crippen LogP contribution >= 0.6 is 11.6 Å². The fourth-order valence-corrected chi connectivity index (χ4v) is 3.81. The number of anilines is 2. The Bertz CT molecular complexity index is 1120. The van der Waals surface area contributed by atoms with Crippen molar-refractivity contribution in [2.24, 2.45) is 0 Å². The Hall–Kier alpha value is -3.37. The van der Waals surface area contributed by atoms with Crippen LogP contribution in [0.4, 0.5) is 11.5 Å². The lowest BCUT2D eigenvalue weighted by Crippen LogP contribution is -2.47. The molecule has 1 aliphatic rings. The van der Waals surface area contributed by atoms with E-state index in [1.807, 2.05) is 18.2 Å². The molecule has 0 radical (unpaired) electrons. The number of rotatable bonds is 4. The van der Waals surface area contributed by atoms with Gasteiger partial charge in [-0.25, -0.2) is 9.78 Å². The zero-order valence-electron chi connectivity index (χ0n) is 16.5. The Morgan fingerprint density at radius 2 is 1.90 bits per heavy atom. The average Bonchev–Trinajstić information content (AvgIpc) is 2.78. The molecule has 152 valence electrons. The molecule has 4 rings (SSSR count). The first-order chi connectivity index (χ1) is 14.6. The van der Waals surface area contributed by atoms with E-state index < -0.39 is 0 Å². The molecule has 0 unspecified atom stereocenters. The molecule has 0 aliphatic carbocycles. The van der Waals surface area contributed by atoms with Gasteiger partial charge in [-0.2, -0.15) is 5.26 Å². The van der Waals surface area contributed by atoms with Gasteiger partial charge in [0, 0.05) is 49.0 Å². The van der Waals surface area contributed by atoms with Crippen molar-refractivity contribution < 1.29 is 9.53 Å². The Balaban J connectivity index is 1.53. The highest BCUT2D eigenvalue weighted by molar-refractivity contribution is 6.31. The second-order valence-corrected chi connectivity index (χ2v) is 7.33. The minimum Gasteiger partial charge on any atom is -0.462 e. The van der Waals surface area contributed by atoms with Crippen LogP contribution in [-0.4, -0.2) is 48.7 Å². The summed E-state index contributed by atoms with van der Waals surface area (Å²) in [6, 6.07) is 11.4. The third-order valence-electron chi connectivity index (χ3n) is 5.10. The molecule has 3 aromatic rings. The number of nitriles is 1. The number of ether oxygens (including phenoxy) is 1. The zero-order chi connectivity index (χ0) is 21.1. The molecule has 0 atom stereocenters. The molecule has 1 aromatic carbocycles. The Morgan fingerprint density at radius 1 is 1.13 bits per heavy atom. The maximum atomic E-state index is 11.8. The van der Waals surface area contributed by atoms with Gasteiger partial charge in [0.2, 0.25) is 0 Å². The molecule has 0 bridgehead atoms. The van der Waals surface area contributed by atoms with Crippen LogP contribution in [0.2, 0.25) is 5.02 Å². The molecule has 1 saturated heterocycles. The van der Waals surface area contributed by atoms with E-state index in [1.165, 1.54) is 0 Å². The summed E-state index contributed by atoms with van der Waals surface area (Å²) in [4.78, 5) is 25.0.